The minimum absolute atomic E-state index is 0.0349. The minimum atomic E-state index is -0.797. The Morgan fingerprint density at radius 1 is 1.33 bits per heavy atom. The Morgan fingerprint density at radius 3 is 2.81 bits per heavy atom. The van der Waals surface area contributed by atoms with E-state index in [0.29, 0.717) is 11.7 Å². The summed E-state index contributed by atoms with van der Waals surface area (Å²) in [5.74, 6) is -0.597. The van der Waals surface area contributed by atoms with Crippen LogP contribution in [0.5, 0.6) is 5.75 Å². The maximum Gasteiger partial charge on any atom is 0.271 e. The number of rotatable bonds is 6. The number of aryl methyl sites for hydroxylation is 1. The molecule has 0 unspecified atom stereocenters. The molecule has 3 aromatic rings. The van der Waals surface area contributed by atoms with E-state index < -0.39 is 16.6 Å². The summed E-state index contributed by atoms with van der Waals surface area (Å²) in [6.45, 7) is 1.60. The lowest BCUT2D eigenvalue weighted by Crippen LogP contribution is -2.15. The van der Waals surface area contributed by atoms with Crippen molar-refractivity contribution in [1.29, 1.82) is 0 Å². The van der Waals surface area contributed by atoms with Crippen molar-refractivity contribution >= 4 is 17.3 Å². The molecule has 2 aromatic carbocycles. The molecule has 1 amide bonds. The van der Waals surface area contributed by atoms with Gasteiger partial charge in [0, 0.05) is 19.1 Å². The summed E-state index contributed by atoms with van der Waals surface area (Å²) < 4.78 is 24.3. The third-order valence-corrected chi connectivity index (χ3v) is 3.47. The highest BCUT2D eigenvalue weighted by atomic mass is 19.1. The predicted molar refractivity (Wildman–Crippen MR) is 90.8 cm³/mol. The molecule has 138 valence electrons. The van der Waals surface area contributed by atoms with Crippen LogP contribution in [-0.4, -0.2) is 21.0 Å². The number of nitro groups is 1. The molecule has 0 aliphatic rings. The summed E-state index contributed by atoms with van der Waals surface area (Å²) in [6, 6.07) is 9.14. The van der Waals surface area contributed by atoms with E-state index in [-0.39, 0.29) is 29.3 Å². The molecule has 0 atom stereocenters. The number of nitro benzene ring substituents is 1. The van der Waals surface area contributed by atoms with Gasteiger partial charge in [-0.1, -0.05) is 17.3 Å². The van der Waals surface area contributed by atoms with Gasteiger partial charge in [0.05, 0.1) is 16.2 Å². The Bertz CT molecular complexity index is 1000. The molecule has 0 saturated heterocycles. The highest BCUT2D eigenvalue weighted by Gasteiger charge is 2.17. The average Bonchev–Trinajstić information content (AvgIpc) is 3.07. The summed E-state index contributed by atoms with van der Waals surface area (Å²) in [5, 5.41) is 16.8. The Hall–Kier alpha value is -3.82. The summed E-state index contributed by atoms with van der Waals surface area (Å²) in [4.78, 5) is 26.6. The lowest BCUT2D eigenvalue weighted by molar-refractivity contribution is -0.384. The van der Waals surface area contributed by atoms with E-state index in [0.717, 1.165) is 18.2 Å². The van der Waals surface area contributed by atoms with Crippen LogP contribution < -0.4 is 10.1 Å². The minimum Gasteiger partial charge on any atom is -0.485 e. The van der Waals surface area contributed by atoms with Gasteiger partial charge in [-0.2, -0.15) is 4.98 Å². The number of benzene rings is 2. The molecule has 0 saturated carbocycles. The molecule has 0 aliphatic heterocycles. The summed E-state index contributed by atoms with van der Waals surface area (Å²) in [5.41, 5.74) is -0.537. The zero-order valence-electron chi connectivity index (χ0n) is 14.0. The molecule has 1 heterocycles. The molecule has 0 spiro atoms. The van der Waals surface area contributed by atoms with E-state index in [1.54, 1.807) is 25.1 Å². The lowest BCUT2D eigenvalue weighted by atomic mass is 10.1. The highest BCUT2D eigenvalue weighted by Crippen LogP contribution is 2.24. The van der Waals surface area contributed by atoms with Gasteiger partial charge in [0.2, 0.25) is 11.7 Å². The average molecular weight is 372 g/mol. The van der Waals surface area contributed by atoms with Gasteiger partial charge in [-0.3, -0.25) is 14.9 Å². The van der Waals surface area contributed by atoms with Gasteiger partial charge in [0.25, 0.3) is 11.6 Å². The SMILES string of the molecule is Cc1nc(COc2ccccc2C(=O)Nc2cc([N+](=O)[O-])ccc2F)no1. The lowest BCUT2D eigenvalue weighted by Gasteiger charge is -2.11. The van der Waals surface area contributed by atoms with E-state index in [1.165, 1.54) is 6.07 Å². The first-order valence-electron chi connectivity index (χ1n) is 7.70. The molecular weight excluding hydrogens is 359 g/mol. The standard InChI is InChI=1S/C17H13FN4O5/c1-10-19-16(21-27-10)9-26-15-5-3-2-4-12(15)17(23)20-14-8-11(22(24)25)6-7-13(14)18/h2-8H,9H2,1H3,(H,20,23). The van der Waals surface area contributed by atoms with Crippen molar-refractivity contribution in [2.24, 2.45) is 0 Å². The molecule has 3 rings (SSSR count). The van der Waals surface area contributed by atoms with Crippen molar-refractivity contribution in [1.82, 2.24) is 10.1 Å². The van der Waals surface area contributed by atoms with Crippen molar-refractivity contribution in [2.75, 3.05) is 5.32 Å². The molecule has 10 heteroatoms. The molecule has 1 aromatic heterocycles. The number of hydrogen-bond donors (Lipinski definition) is 1. The molecule has 0 radical (unpaired) electrons. The number of ether oxygens (including phenoxy) is 1. The van der Waals surface area contributed by atoms with Crippen molar-refractivity contribution in [3.05, 3.63) is 75.7 Å². The maximum absolute atomic E-state index is 13.9. The second-order valence-corrected chi connectivity index (χ2v) is 5.39. The van der Waals surface area contributed by atoms with Crippen molar-refractivity contribution < 1.29 is 23.4 Å². The Morgan fingerprint density at radius 2 is 2.11 bits per heavy atom. The van der Waals surface area contributed by atoms with Gasteiger partial charge < -0.3 is 14.6 Å². The number of amides is 1. The van der Waals surface area contributed by atoms with E-state index in [1.807, 2.05) is 0 Å². The van der Waals surface area contributed by atoms with Crippen LogP contribution in [-0.2, 0) is 6.61 Å². The second-order valence-electron chi connectivity index (χ2n) is 5.39. The normalized spacial score (nSPS) is 10.4. The van der Waals surface area contributed by atoms with Crippen molar-refractivity contribution in [3.8, 4) is 5.75 Å². The zero-order valence-corrected chi connectivity index (χ0v) is 14.0. The van der Waals surface area contributed by atoms with E-state index >= 15 is 0 Å². The smallest absolute Gasteiger partial charge is 0.271 e. The molecule has 9 nitrogen and oxygen atoms in total. The van der Waals surface area contributed by atoms with Crippen molar-refractivity contribution in [2.45, 2.75) is 13.5 Å². The first kappa shape index (κ1) is 18.0. The van der Waals surface area contributed by atoms with Crippen LogP contribution >= 0.6 is 0 Å². The third kappa shape index (κ3) is 4.24. The number of anilines is 1. The number of nitrogens with zero attached hydrogens (tertiary/aromatic N) is 3. The van der Waals surface area contributed by atoms with Crippen LogP contribution in [0.25, 0.3) is 0 Å². The number of carbonyl (C=O) groups excluding carboxylic acids is 1. The van der Waals surface area contributed by atoms with Gasteiger partial charge in [0.15, 0.2) is 6.61 Å². The van der Waals surface area contributed by atoms with Gasteiger partial charge in [-0.25, -0.2) is 4.39 Å². The Labute approximate surface area is 151 Å². The topological polar surface area (TPSA) is 120 Å². The van der Waals surface area contributed by atoms with Crippen LogP contribution in [0.2, 0.25) is 0 Å². The van der Waals surface area contributed by atoms with Gasteiger partial charge in [-0.15, -0.1) is 0 Å². The van der Waals surface area contributed by atoms with Crippen LogP contribution in [0, 0.1) is 22.9 Å². The number of carbonyl (C=O) groups is 1. The monoisotopic (exact) mass is 372 g/mol. The first-order valence-corrected chi connectivity index (χ1v) is 7.70. The number of nitrogens with one attached hydrogen (secondary N) is 1. The fraction of sp³-hybridized carbons (Fsp3) is 0.118. The molecule has 27 heavy (non-hydrogen) atoms. The van der Waals surface area contributed by atoms with E-state index in [4.69, 9.17) is 9.26 Å². The fourth-order valence-electron chi connectivity index (χ4n) is 2.23. The Kier molecular flexibility index (Phi) is 5.06. The van der Waals surface area contributed by atoms with Gasteiger partial charge in [0.1, 0.15) is 11.6 Å². The number of non-ortho nitro benzene ring substituents is 1. The number of para-hydroxylation sites is 1. The Balaban J connectivity index is 1.79. The van der Waals surface area contributed by atoms with E-state index in [9.17, 15) is 19.3 Å². The predicted octanol–water partition coefficient (Wildman–Crippen LogP) is 3.26. The largest absolute Gasteiger partial charge is 0.485 e. The van der Waals surface area contributed by atoms with Crippen LogP contribution in [0.3, 0.4) is 0 Å². The molecule has 0 aliphatic carbocycles. The van der Waals surface area contributed by atoms with Gasteiger partial charge >= 0.3 is 0 Å². The molecule has 0 fully saturated rings. The molecule has 0 bridgehead atoms. The van der Waals surface area contributed by atoms with E-state index in [2.05, 4.69) is 15.5 Å². The maximum atomic E-state index is 13.9. The zero-order chi connectivity index (χ0) is 19.4. The molecule has 1 N–H and O–H groups in total. The molecular formula is C17H13FN4O5. The summed E-state index contributed by atoms with van der Waals surface area (Å²) in [6.07, 6.45) is 0. The summed E-state index contributed by atoms with van der Waals surface area (Å²) >= 11 is 0. The van der Waals surface area contributed by atoms with Crippen LogP contribution in [0.4, 0.5) is 15.8 Å². The second kappa shape index (κ2) is 7.60. The highest BCUT2D eigenvalue weighted by molar-refractivity contribution is 6.06. The number of aromatic nitrogens is 2. The third-order valence-electron chi connectivity index (χ3n) is 3.47. The number of halogens is 1. The van der Waals surface area contributed by atoms with Crippen LogP contribution in [0.1, 0.15) is 22.1 Å². The first-order chi connectivity index (χ1) is 12.9. The fourth-order valence-corrected chi connectivity index (χ4v) is 2.23. The number of hydrogen-bond acceptors (Lipinski definition) is 7. The van der Waals surface area contributed by atoms with Gasteiger partial charge in [-0.05, 0) is 18.2 Å². The quantitative estimate of drug-likeness (QED) is 0.521. The van der Waals surface area contributed by atoms with Crippen LogP contribution in [0.15, 0.2) is 47.0 Å². The summed E-state index contributed by atoms with van der Waals surface area (Å²) in [7, 11) is 0. The van der Waals surface area contributed by atoms with Crippen molar-refractivity contribution in [3.63, 3.8) is 0 Å².